The largest absolute Gasteiger partial charge is 0.464 e. The normalized spacial score (nSPS) is 13.0. The van der Waals surface area contributed by atoms with E-state index in [4.69, 9.17) is 4.42 Å². The predicted molar refractivity (Wildman–Crippen MR) is 59.9 cm³/mol. The molecular formula is C10H12BrN3O. The zero-order valence-electron chi connectivity index (χ0n) is 8.64. The van der Waals surface area contributed by atoms with Crippen LogP contribution in [0.25, 0.3) is 0 Å². The highest BCUT2D eigenvalue weighted by Crippen LogP contribution is 2.18. The number of aryl methyl sites for hydroxylation is 1. The molecule has 2 aromatic rings. The van der Waals surface area contributed by atoms with Crippen molar-refractivity contribution in [3.63, 3.8) is 0 Å². The molecule has 0 aromatic carbocycles. The summed E-state index contributed by atoms with van der Waals surface area (Å²) in [6, 6.07) is 3.90. The molecule has 1 atom stereocenters. The molecule has 0 bridgehead atoms. The summed E-state index contributed by atoms with van der Waals surface area (Å²) in [5, 5.41) is 8.06. The molecule has 2 rings (SSSR count). The van der Waals surface area contributed by atoms with Crippen LogP contribution in [0.4, 0.5) is 0 Å². The van der Waals surface area contributed by atoms with Gasteiger partial charge in [0.1, 0.15) is 18.1 Å². The standard InChI is InChI=1S/C10H12BrN3O/c1-7-3-4-9(15-7)5-14-6-10(8(2)11)12-13-14/h3-4,6,8H,5H2,1-2H3. The second kappa shape index (κ2) is 4.18. The van der Waals surface area contributed by atoms with E-state index < -0.39 is 0 Å². The molecule has 0 N–H and O–H groups in total. The molecule has 5 heteroatoms. The fraction of sp³-hybridized carbons (Fsp3) is 0.400. The van der Waals surface area contributed by atoms with Crippen molar-refractivity contribution in [2.24, 2.45) is 0 Å². The van der Waals surface area contributed by atoms with Crippen molar-refractivity contribution in [3.05, 3.63) is 35.5 Å². The van der Waals surface area contributed by atoms with Crippen LogP contribution in [-0.2, 0) is 6.54 Å². The number of nitrogens with zero attached hydrogens (tertiary/aromatic N) is 3. The maximum atomic E-state index is 5.46. The molecule has 4 nitrogen and oxygen atoms in total. The Balaban J connectivity index is 2.11. The average Bonchev–Trinajstić information content (AvgIpc) is 2.76. The van der Waals surface area contributed by atoms with E-state index in [2.05, 4.69) is 26.2 Å². The molecule has 0 radical (unpaired) electrons. The van der Waals surface area contributed by atoms with Crippen molar-refractivity contribution in [1.82, 2.24) is 15.0 Å². The summed E-state index contributed by atoms with van der Waals surface area (Å²) in [7, 11) is 0. The third-order valence-corrected chi connectivity index (χ3v) is 2.55. The Kier molecular flexibility index (Phi) is 2.90. The SMILES string of the molecule is Cc1ccc(Cn2cc(C(C)Br)nn2)o1. The highest BCUT2D eigenvalue weighted by molar-refractivity contribution is 9.09. The molecule has 0 fully saturated rings. The molecule has 0 saturated carbocycles. The van der Waals surface area contributed by atoms with Gasteiger partial charge in [0.15, 0.2) is 0 Å². The van der Waals surface area contributed by atoms with Crippen LogP contribution in [0.2, 0.25) is 0 Å². The van der Waals surface area contributed by atoms with Crippen LogP contribution in [-0.4, -0.2) is 15.0 Å². The fourth-order valence-corrected chi connectivity index (χ4v) is 1.51. The van der Waals surface area contributed by atoms with Crippen LogP contribution in [0.3, 0.4) is 0 Å². The Labute approximate surface area is 96.4 Å². The van der Waals surface area contributed by atoms with Gasteiger partial charge in [-0.3, -0.25) is 0 Å². The Hall–Kier alpha value is -1.10. The molecule has 0 saturated heterocycles. The number of aromatic nitrogens is 3. The lowest BCUT2D eigenvalue weighted by Gasteiger charge is -1.96. The monoisotopic (exact) mass is 269 g/mol. The first-order valence-electron chi connectivity index (χ1n) is 4.74. The van der Waals surface area contributed by atoms with E-state index >= 15 is 0 Å². The van der Waals surface area contributed by atoms with E-state index in [9.17, 15) is 0 Å². The third-order valence-electron chi connectivity index (χ3n) is 2.08. The minimum atomic E-state index is 0.226. The summed E-state index contributed by atoms with van der Waals surface area (Å²) in [4.78, 5) is 0.226. The highest BCUT2D eigenvalue weighted by atomic mass is 79.9. The summed E-state index contributed by atoms with van der Waals surface area (Å²) in [5.41, 5.74) is 0.929. The van der Waals surface area contributed by atoms with Gasteiger partial charge in [-0.1, -0.05) is 21.1 Å². The van der Waals surface area contributed by atoms with Crippen molar-refractivity contribution >= 4 is 15.9 Å². The average molecular weight is 270 g/mol. The van der Waals surface area contributed by atoms with Crippen molar-refractivity contribution < 1.29 is 4.42 Å². The van der Waals surface area contributed by atoms with Gasteiger partial charge in [0.2, 0.25) is 0 Å². The second-order valence-electron chi connectivity index (χ2n) is 3.47. The minimum absolute atomic E-state index is 0.226. The maximum absolute atomic E-state index is 5.46. The van der Waals surface area contributed by atoms with Gasteiger partial charge in [0.25, 0.3) is 0 Å². The zero-order chi connectivity index (χ0) is 10.8. The number of alkyl halides is 1. The Bertz CT molecular complexity index is 447. The second-order valence-corrected chi connectivity index (χ2v) is 4.84. The van der Waals surface area contributed by atoms with Crippen LogP contribution < -0.4 is 0 Å². The molecule has 0 aliphatic carbocycles. The number of hydrogen-bond donors (Lipinski definition) is 0. The van der Waals surface area contributed by atoms with Crippen LogP contribution >= 0.6 is 15.9 Å². The molecule has 2 aromatic heterocycles. The molecule has 80 valence electrons. The first-order valence-corrected chi connectivity index (χ1v) is 5.66. The van der Waals surface area contributed by atoms with Gasteiger partial charge in [-0.15, -0.1) is 5.10 Å². The highest BCUT2D eigenvalue weighted by Gasteiger charge is 2.07. The van der Waals surface area contributed by atoms with E-state index in [1.165, 1.54) is 0 Å². The van der Waals surface area contributed by atoms with E-state index in [0.717, 1.165) is 17.2 Å². The molecule has 0 amide bonds. The quantitative estimate of drug-likeness (QED) is 0.805. The third kappa shape index (κ3) is 2.47. The van der Waals surface area contributed by atoms with Gasteiger partial charge in [-0.25, -0.2) is 4.68 Å². The van der Waals surface area contributed by atoms with E-state index in [0.29, 0.717) is 6.54 Å². The molecule has 0 spiro atoms. The summed E-state index contributed by atoms with van der Waals surface area (Å²) >= 11 is 3.45. The lowest BCUT2D eigenvalue weighted by Crippen LogP contribution is -1.98. The number of halogens is 1. The van der Waals surface area contributed by atoms with Gasteiger partial charge in [-0.05, 0) is 26.0 Å². The van der Waals surface area contributed by atoms with Crippen molar-refractivity contribution in [3.8, 4) is 0 Å². The van der Waals surface area contributed by atoms with Crippen LogP contribution in [0.1, 0.15) is 29.0 Å². The Morgan fingerprint density at radius 2 is 2.33 bits per heavy atom. The summed E-state index contributed by atoms with van der Waals surface area (Å²) in [5.74, 6) is 1.81. The molecule has 1 unspecified atom stereocenters. The first-order chi connectivity index (χ1) is 7.15. The predicted octanol–water partition coefficient (Wildman–Crippen LogP) is 2.68. The van der Waals surface area contributed by atoms with E-state index in [1.807, 2.05) is 32.2 Å². The maximum Gasteiger partial charge on any atom is 0.125 e. The van der Waals surface area contributed by atoms with Gasteiger partial charge in [-0.2, -0.15) is 0 Å². The Morgan fingerprint density at radius 1 is 1.53 bits per heavy atom. The topological polar surface area (TPSA) is 43.9 Å². The van der Waals surface area contributed by atoms with E-state index in [1.54, 1.807) is 4.68 Å². The van der Waals surface area contributed by atoms with Crippen molar-refractivity contribution in [2.45, 2.75) is 25.2 Å². The lowest BCUT2D eigenvalue weighted by molar-refractivity contribution is 0.455. The van der Waals surface area contributed by atoms with Gasteiger partial charge < -0.3 is 4.42 Å². The minimum Gasteiger partial charge on any atom is -0.464 e. The molecule has 15 heavy (non-hydrogen) atoms. The number of furan rings is 1. The lowest BCUT2D eigenvalue weighted by atomic mass is 10.4. The Morgan fingerprint density at radius 3 is 2.87 bits per heavy atom. The van der Waals surface area contributed by atoms with Crippen LogP contribution in [0, 0.1) is 6.92 Å². The van der Waals surface area contributed by atoms with Gasteiger partial charge in [0, 0.05) is 0 Å². The van der Waals surface area contributed by atoms with Crippen molar-refractivity contribution in [2.75, 3.05) is 0 Å². The zero-order valence-corrected chi connectivity index (χ0v) is 10.2. The first kappa shape index (κ1) is 10.4. The molecule has 2 heterocycles. The van der Waals surface area contributed by atoms with Gasteiger partial charge in [0.05, 0.1) is 16.7 Å². The summed E-state index contributed by atoms with van der Waals surface area (Å²) < 4.78 is 7.23. The molecule has 0 aliphatic heterocycles. The van der Waals surface area contributed by atoms with Crippen LogP contribution in [0.5, 0.6) is 0 Å². The van der Waals surface area contributed by atoms with Crippen LogP contribution in [0.15, 0.2) is 22.7 Å². The smallest absolute Gasteiger partial charge is 0.125 e. The van der Waals surface area contributed by atoms with Gasteiger partial charge >= 0.3 is 0 Å². The fourth-order valence-electron chi connectivity index (χ4n) is 1.30. The van der Waals surface area contributed by atoms with Crippen molar-refractivity contribution in [1.29, 1.82) is 0 Å². The summed E-state index contributed by atoms with van der Waals surface area (Å²) in [6.45, 7) is 4.57. The number of rotatable bonds is 3. The molecule has 0 aliphatic rings. The molecular weight excluding hydrogens is 258 g/mol. The van der Waals surface area contributed by atoms with E-state index in [-0.39, 0.29) is 4.83 Å². The number of hydrogen-bond acceptors (Lipinski definition) is 3. The summed E-state index contributed by atoms with van der Waals surface area (Å²) in [6.07, 6.45) is 1.91.